The van der Waals surface area contributed by atoms with Crippen LogP contribution in [0.3, 0.4) is 0 Å². The van der Waals surface area contributed by atoms with E-state index in [-0.39, 0.29) is 29.5 Å². The minimum Gasteiger partial charge on any atom is -0.469 e. The van der Waals surface area contributed by atoms with Gasteiger partial charge in [-0.1, -0.05) is 24.6 Å². The molecule has 4 nitrogen and oxygen atoms in total. The molecule has 1 rings (SSSR count). The predicted molar refractivity (Wildman–Crippen MR) is 73.7 cm³/mol. The Kier molecular flexibility index (Phi) is 5.95. The Morgan fingerprint density at radius 3 is 2.65 bits per heavy atom. The molecule has 20 heavy (non-hydrogen) atoms. The van der Waals surface area contributed by atoms with Gasteiger partial charge in [0.1, 0.15) is 5.82 Å². The van der Waals surface area contributed by atoms with E-state index in [4.69, 9.17) is 11.6 Å². The fraction of sp³-hybridized carbons (Fsp3) is 0.429. The number of benzene rings is 1. The van der Waals surface area contributed by atoms with Crippen molar-refractivity contribution < 1.29 is 18.7 Å². The van der Waals surface area contributed by atoms with Gasteiger partial charge in [0.25, 0.3) is 0 Å². The zero-order chi connectivity index (χ0) is 15.3. The van der Waals surface area contributed by atoms with Crippen LogP contribution in [0.1, 0.15) is 18.9 Å². The van der Waals surface area contributed by atoms with E-state index in [0.29, 0.717) is 0 Å². The molecule has 0 N–H and O–H groups in total. The molecule has 0 fully saturated rings. The van der Waals surface area contributed by atoms with E-state index in [9.17, 15) is 14.0 Å². The van der Waals surface area contributed by atoms with Gasteiger partial charge in [-0.25, -0.2) is 4.39 Å². The second kappa shape index (κ2) is 7.24. The lowest BCUT2D eigenvalue weighted by molar-refractivity contribution is -0.146. The number of rotatable bonds is 5. The zero-order valence-electron chi connectivity index (χ0n) is 11.7. The van der Waals surface area contributed by atoms with Gasteiger partial charge in [0.2, 0.25) is 5.91 Å². The summed E-state index contributed by atoms with van der Waals surface area (Å²) in [6.45, 7) is 1.68. The number of hydrogen-bond donors (Lipinski definition) is 0. The maximum absolute atomic E-state index is 13.6. The van der Waals surface area contributed by atoms with Crippen LogP contribution < -0.4 is 0 Å². The first-order chi connectivity index (χ1) is 9.36. The molecule has 1 aromatic rings. The summed E-state index contributed by atoms with van der Waals surface area (Å²) in [5.74, 6) is -1.71. The lowest BCUT2D eigenvalue weighted by Gasteiger charge is -2.21. The van der Waals surface area contributed by atoms with E-state index in [0.717, 1.165) is 0 Å². The van der Waals surface area contributed by atoms with Crippen LogP contribution in [0.25, 0.3) is 0 Å². The van der Waals surface area contributed by atoms with Crippen LogP contribution in [-0.4, -0.2) is 30.9 Å². The lowest BCUT2D eigenvalue weighted by atomic mass is 10.1. The lowest BCUT2D eigenvalue weighted by Crippen LogP contribution is -2.32. The van der Waals surface area contributed by atoms with Crippen molar-refractivity contribution in [2.45, 2.75) is 19.9 Å². The molecule has 0 aliphatic rings. The number of amides is 1. The van der Waals surface area contributed by atoms with Gasteiger partial charge in [-0.05, 0) is 12.1 Å². The first-order valence-electron chi connectivity index (χ1n) is 6.11. The highest BCUT2D eigenvalue weighted by Gasteiger charge is 2.22. The number of halogens is 2. The zero-order valence-corrected chi connectivity index (χ0v) is 12.4. The molecule has 1 amide bonds. The molecular formula is C14H17ClFNO3. The molecule has 0 saturated carbocycles. The fourth-order valence-corrected chi connectivity index (χ4v) is 2.02. The van der Waals surface area contributed by atoms with Crippen LogP contribution >= 0.6 is 11.6 Å². The van der Waals surface area contributed by atoms with Crippen LogP contribution in [0.15, 0.2) is 18.2 Å². The van der Waals surface area contributed by atoms with Crippen molar-refractivity contribution in [3.63, 3.8) is 0 Å². The first kappa shape index (κ1) is 16.4. The second-order valence-electron chi connectivity index (χ2n) is 4.58. The van der Waals surface area contributed by atoms with Gasteiger partial charge < -0.3 is 9.64 Å². The molecular weight excluding hydrogens is 285 g/mol. The summed E-state index contributed by atoms with van der Waals surface area (Å²) in [5.41, 5.74) is 0.260. The predicted octanol–water partition coefficient (Wildman–Crippen LogP) is 2.64. The topological polar surface area (TPSA) is 46.6 Å². The highest BCUT2D eigenvalue weighted by Crippen LogP contribution is 2.21. The van der Waals surface area contributed by atoms with Gasteiger partial charge in [0.05, 0.1) is 13.5 Å². The summed E-state index contributed by atoms with van der Waals surface area (Å²) in [6, 6.07) is 4.36. The number of hydrogen-bond acceptors (Lipinski definition) is 3. The van der Waals surface area contributed by atoms with E-state index in [1.54, 1.807) is 20.0 Å². The van der Waals surface area contributed by atoms with E-state index in [2.05, 4.69) is 4.74 Å². The molecule has 0 saturated heterocycles. The molecule has 110 valence electrons. The largest absolute Gasteiger partial charge is 0.469 e. The van der Waals surface area contributed by atoms with Crippen LogP contribution in [0.2, 0.25) is 5.02 Å². The Hall–Kier alpha value is -1.62. The smallest absolute Gasteiger partial charge is 0.306 e. The summed E-state index contributed by atoms with van der Waals surface area (Å²) >= 11 is 5.91. The molecule has 0 spiro atoms. The van der Waals surface area contributed by atoms with E-state index in [1.165, 1.54) is 24.1 Å². The standard InChI is InChI=1S/C14H17ClFNO3/c1-9(7-13(18)20-3)14(19)17(2)8-10-11(15)5-4-6-12(10)16/h4-6,9H,7-8H2,1-3H3/t9-/m0/s1. The van der Waals surface area contributed by atoms with Crippen molar-refractivity contribution in [3.05, 3.63) is 34.6 Å². The monoisotopic (exact) mass is 301 g/mol. The van der Waals surface area contributed by atoms with Crippen molar-refractivity contribution in [2.75, 3.05) is 14.2 Å². The Bertz CT molecular complexity index is 487. The van der Waals surface area contributed by atoms with Crippen molar-refractivity contribution >= 4 is 23.5 Å². The summed E-state index contributed by atoms with van der Waals surface area (Å²) in [4.78, 5) is 24.6. The van der Waals surface area contributed by atoms with Gasteiger partial charge in [-0.15, -0.1) is 0 Å². The molecule has 0 radical (unpaired) electrons. The van der Waals surface area contributed by atoms with Crippen molar-refractivity contribution in [3.8, 4) is 0 Å². The van der Waals surface area contributed by atoms with Gasteiger partial charge in [-0.2, -0.15) is 0 Å². The van der Waals surface area contributed by atoms with Crippen LogP contribution in [0.5, 0.6) is 0 Å². The molecule has 0 bridgehead atoms. The summed E-state index contributed by atoms with van der Waals surface area (Å²) in [7, 11) is 2.81. The van der Waals surface area contributed by atoms with Crippen LogP contribution in [0, 0.1) is 11.7 Å². The molecule has 1 aromatic carbocycles. The third kappa shape index (κ3) is 4.20. The van der Waals surface area contributed by atoms with E-state index < -0.39 is 17.7 Å². The Labute approximate surface area is 122 Å². The van der Waals surface area contributed by atoms with Gasteiger partial charge in [-0.3, -0.25) is 9.59 Å². The van der Waals surface area contributed by atoms with Crippen LogP contribution in [-0.2, 0) is 20.9 Å². The maximum atomic E-state index is 13.6. The number of carbonyl (C=O) groups is 2. The number of methoxy groups -OCH3 is 1. The maximum Gasteiger partial charge on any atom is 0.306 e. The van der Waals surface area contributed by atoms with Gasteiger partial charge in [0, 0.05) is 30.1 Å². The minimum atomic E-state index is -0.530. The molecule has 0 unspecified atom stereocenters. The third-order valence-electron chi connectivity index (χ3n) is 2.96. The molecule has 0 aromatic heterocycles. The second-order valence-corrected chi connectivity index (χ2v) is 4.98. The van der Waals surface area contributed by atoms with E-state index in [1.807, 2.05) is 0 Å². The first-order valence-corrected chi connectivity index (χ1v) is 6.49. The molecule has 0 aliphatic carbocycles. The number of esters is 1. The van der Waals surface area contributed by atoms with Crippen molar-refractivity contribution in [1.82, 2.24) is 4.90 Å². The summed E-state index contributed by atoms with van der Waals surface area (Å²) in [5, 5.41) is 0.269. The highest BCUT2D eigenvalue weighted by atomic mass is 35.5. The van der Waals surface area contributed by atoms with Crippen molar-refractivity contribution in [2.24, 2.45) is 5.92 Å². The molecule has 6 heteroatoms. The van der Waals surface area contributed by atoms with E-state index >= 15 is 0 Å². The SMILES string of the molecule is COC(=O)C[C@H](C)C(=O)N(C)Cc1c(F)cccc1Cl. The minimum absolute atomic E-state index is 0.00925. The average molecular weight is 302 g/mol. The normalized spacial score (nSPS) is 11.8. The Morgan fingerprint density at radius 2 is 2.10 bits per heavy atom. The number of nitrogens with zero attached hydrogens (tertiary/aromatic N) is 1. The Morgan fingerprint density at radius 1 is 1.45 bits per heavy atom. The molecule has 0 heterocycles. The fourth-order valence-electron chi connectivity index (χ4n) is 1.80. The van der Waals surface area contributed by atoms with Gasteiger partial charge >= 0.3 is 5.97 Å². The average Bonchev–Trinajstić information content (AvgIpc) is 2.41. The van der Waals surface area contributed by atoms with Crippen molar-refractivity contribution in [1.29, 1.82) is 0 Å². The third-order valence-corrected chi connectivity index (χ3v) is 3.31. The molecule has 0 aliphatic heterocycles. The number of carbonyl (C=O) groups excluding carboxylic acids is 2. The summed E-state index contributed by atoms with van der Waals surface area (Å²) in [6.07, 6.45) is -0.00925. The summed E-state index contributed by atoms with van der Waals surface area (Å²) < 4.78 is 18.2. The quantitative estimate of drug-likeness (QED) is 0.786. The van der Waals surface area contributed by atoms with Gasteiger partial charge in [0.15, 0.2) is 0 Å². The molecule has 1 atom stereocenters. The Balaban J connectivity index is 2.73. The van der Waals surface area contributed by atoms with Crippen LogP contribution in [0.4, 0.5) is 4.39 Å². The number of ether oxygens (including phenoxy) is 1. The highest BCUT2D eigenvalue weighted by molar-refractivity contribution is 6.31.